The SMILES string of the molecule is CCc1cc2c(s1)CCO[C@@]21CCN(CC2CN(COCCC3COCCO3)C2)[C@@H](C)C1. The van der Waals surface area contributed by atoms with E-state index in [0.717, 1.165) is 90.8 Å². The first kappa shape index (κ1) is 23.2. The first-order valence-corrected chi connectivity index (χ1v) is 13.5. The van der Waals surface area contributed by atoms with E-state index in [2.05, 4.69) is 29.7 Å². The standard InChI is InChI=1S/C25H40N2O4S/c1-3-22-12-23-24(32-22)5-9-31-25(23)6-7-27(19(2)13-25)16-20-14-26(15-20)18-29-8-4-21-17-28-10-11-30-21/h12,19-21H,3-11,13-18H2,1-2H3/t19-,21?,25+/m0/s1. The van der Waals surface area contributed by atoms with Crippen molar-refractivity contribution in [2.75, 3.05) is 65.9 Å². The molecule has 3 atom stereocenters. The summed E-state index contributed by atoms with van der Waals surface area (Å²) < 4.78 is 23.5. The minimum Gasteiger partial charge on any atom is -0.376 e. The van der Waals surface area contributed by atoms with Crippen molar-refractivity contribution in [3.8, 4) is 0 Å². The zero-order valence-electron chi connectivity index (χ0n) is 19.9. The molecule has 180 valence electrons. The van der Waals surface area contributed by atoms with Crippen LogP contribution in [0.4, 0.5) is 0 Å². The van der Waals surface area contributed by atoms with Crippen LogP contribution in [0.5, 0.6) is 0 Å². The quantitative estimate of drug-likeness (QED) is 0.550. The molecule has 4 aliphatic rings. The number of hydrogen-bond acceptors (Lipinski definition) is 7. The third kappa shape index (κ3) is 5.09. The molecule has 1 spiro atoms. The fraction of sp³-hybridized carbons (Fsp3) is 0.840. The van der Waals surface area contributed by atoms with Crippen molar-refractivity contribution in [2.45, 2.75) is 63.7 Å². The number of piperidine rings is 1. The summed E-state index contributed by atoms with van der Waals surface area (Å²) in [5.41, 5.74) is 1.49. The Hall–Kier alpha value is -0.540. The molecule has 5 rings (SSSR count). The first-order valence-electron chi connectivity index (χ1n) is 12.6. The van der Waals surface area contributed by atoms with Crippen LogP contribution in [0.2, 0.25) is 0 Å². The second-order valence-corrected chi connectivity index (χ2v) is 11.3. The second kappa shape index (κ2) is 10.4. The Balaban J connectivity index is 1.03. The van der Waals surface area contributed by atoms with E-state index in [-0.39, 0.29) is 11.7 Å². The summed E-state index contributed by atoms with van der Waals surface area (Å²) in [6, 6.07) is 3.03. The molecule has 6 nitrogen and oxygen atoms in total. The van der Waals surface area contributed by atoms with Gasteiger partial charge in [-0.1, -0.05) is 6.92 Å². The predicted molar refractivity (Wildman–Crippen MR) is 126 cm³/mol. The van der Waals surface area contributed by atoms with Crippen molar-refractivity contribution >= 4 is 11.3 Å². The Morgan fingerprint density at radius 1 is 1.25 bits per heavy atom. The van der Waals surface area contributed by atoms with Gasteiger partial charge in [-0.3, -0.25) is 4.90 Å². The van der Waals surface area contributed by atoms with E-state index in [1.54, 1.807) is 4.88 Å². The Morgan fingerprint density at radius 3 is 2.94 bits per heavy atom. The smallest absolute Gasteiger partial charge is 0.0990 e. The number of nitrogens with zero attached hydrogens (tertiary/aromatic N) is 2. The van der Waals surface area contributed by atoms with Gasteiger partial charge in [0.25, 0.3) is 0 Å². The summed E-state index contributed by atoms with van der Waals surface area (Å²) in [5, 5.41) is 0. The summed E-state index contributed by atoms with van der Waals surface area (Å²) >= 11 is 2.02. The highest BCUT2D eigenvalue weighted by atomic mass is 32.1. The molecule has 7 heteroatoms. The molecule has 1 aromatic rings. The van der Waals surface area contributed by atoms with E-state index in [1.807, 2.05) is 11.3 Å². The highest BCUT2D eigenvalue weighted by molar-refractivity contribution is 7.12. The van der Waals surface area contributed by atoms with Crippen molar-refractivity contribution in [1.29, 1.82) is 0 Å². The molecule has 3 fully saturated rings. The largest absolute Gasteiger partial charge is 0.376 e. The average Bonchev–Trinajstić information content (AvgIpc) is 3.22. The van der Waals surface area contributed by atoms with Gasteiger partial charge in [-0.25, -0.2) is 0 Å². The lowest BCUT2D eigenvalue weighted by Gasteiger charge is -2.49. The van der Waals surface area contributed by atoms with Gasteiger partial charge in [-0.15, -0.1) is 11.3 Å². The zero-order chi connectivity index (χ0) is 22.0. The summed E-state index contributed by atoms with van der Waals surface area (Å²) in [7, 11) is 0. The maximum atomic E-state index is 6.51. The normalized spacial score (nSPS) is 32.2. The summed E-state index contributed by atoms with van der Waals surface area (Å²) in [6.07, 6.45) is 5.64. The number of hydrogen-bond donors (Lipinski definition) is 0. The fourth-order valence-electron chi connectivity index (χ4n) is 5.89. The van der Waals surface area contributed by atoms with Gasteiger partial charge in [0.15, 0.2) is 0 Å². The van der Waals surface area contributed by atoms with Crippen LogP contribution in [0.25, 0.3) is 0 Å². The molecule has 0 N–H and O–H groups in total. The van der Waals surface area contributed by atoms with E-state index in [1.165, 1.54) is 17.0 Å². The number of aryl methyl sites for hydroxylation is 1. The van der Waals surface area contributed by atoms with Crippen molar-refractivity contribution in [2.24, 2.45) is 5.92 Å². The van der Waals surface area contributed by atoms with Crippen molar-refractivity contribution < 1.29 is 18.9 Å². The lowest BCUT2D eigenvalue weighted by molar-refractivity contribution is -0.119. The molecule has 0 aromatic carbocycles. The van der Waals surface area contributed by atoms with E-state index >= 15 is 0 Å². The molecular formula is C25H40N2O4S. The fourth-order valence-corrected chi connectivity index (χ4v) is 7.07. The third-order valence-electron chi connectivity index (χ3n) is 7.73. The number of thiophene rings is 1. The van der Waals surface area contributed by atoms with Gasteiger partial charge in [0.05, 0.1) is 51.5 Å². The van der Waals surface area contributed by atoms with E-state index < -0.39 is 0 Å². The van der Waals surface area contributed by atoms with Gasteiger partial charge in [0, 0.05) is 48.4 Å². The molecule has 1 aromatic heterocycles. The molecule has 5 heterocycles. The Morgan fingerprint density at radius 2 is 2.16 bits per heavy atom. The highest BCUT2D eigenvalue weighted by Crippen LogP contribution is 2.46. The number of fused-ring (bicyclic) bond motifs is 2. The lowest BCUT2D eigenvalue weighted by Crippen LogP contribution is -2.56. The molecule has 1 unspecified atom stereocenters. The van der Waals surface area contributed by atoms with Crippen LogP contribution in [0.15, 0.2) is 6.07 Å². The van der Waals surface area contributed by atoms with E-state index in [4.69, 9.17) is 18.9 Å². The molecule has 0 bridgehead atoms. The Bertz CT molecular complexity index is 746. The molecule has 0 aliphatic carbocycles. The number of rotatable bonds is 8. The molecule has 0 amide bonds. The zero-order valence-corrected chi connectivity index (χ0v) is 20.7. The van der Waals surface area contributed by atoms with Gasteiger partial charge in [0.2, 0.25) is 0 Å². The van der Waals surface area contributed by atoms with Gasteiger partial charge in [-0.2, -0.15) is 0 Å². The van der Waals surface area contributed by atoms with E-state index in [0.29, 0.717) is 12.6 Å². The average molecular weight is 465 g/mol. The minimum absolute atomic E-state index is 0.0278. The summed E-state index contributed by atoms with van der Waals surface area (Å²) in [6.45, 7) is 13.9. The van der Waals surface area contributed by atoms with Gasteiger partial charge in [-0.05, 0) is 50.2 Å². The molecule has 3 saturated heterocycles. The van der Waals surface area contributed by atoms with Crippen LogP contribution in [0.1, 0.15) is 48.4 Å². The van der Waals surface area contributed by atoms with Crippen LogP contribution in [0, 0.1) is 5.92 Å². The predicted octanol–water partition coefficient (Wildman–Crippen LogP) is 3.27. The maximum Gasteiger partial charge on any atom is 0.0990 e. The Labute approximate surface area is 197 Å². The first-order chi connectivity index (χ1) is 15.6. The molecule has 0 saturated carbocycles. The summed E-state index contributed by atoms with van der Waals surface area (Å²) in [4.78, 5) is 8.24. The van der Waals surface area contributed by atoms with Crippen LogP contribution < -0.4 is 0 Å². The van der Waals surface area contributed by atoms with Crippen molar-refractivity contribution in [3.63, 3.8) is 0 Å². The van der Waals surface area contributed by atoms with Crippen molar-refractivity contribution in [1.82, 2.24) is 9.80 Å². The summed E-state index contributed by atoms with van der Waals surface area (Å²) in [5.74, 6) is 0.765. The highest BCUT2D eigenvalue weighted by Gasteiger charge is 2.45. The lowest BCUT2D eigenvalue weighted by atomic mass is 9.79. The van der Waals surface area contributed by atoms with Crippen molar-refractivity contribution in [3.05, 3.63) is 21.4 Å². The second-order valence-electron chi connectivity index (χ2n) is 10.1. The van der Waals surface area contributed by atoms with Crippen LogP contribution in [0.3, 0.4) is 0 Å². The number of ether oxygens (including phenoxy) is 4. The monoisotopic (exact) mass is 464 g/mol. The van der Waals surface area contributed by atoms with E-state index in [9.17, 15) is 0 Å². The van der Waals surface area contributed by atoms with Crippen LogP contribution >= 0.6 is 11.3 Å². The maximum absolute atomic E-state index is 6.51. The van der Waals surface area contributed by atoms with Crippen LogP contribution in [-0.4, -0.2) is 87.9 Å². The third-order valence-corrected chi connectivity index (χ3v) is 9.07. The molecular weight excluding hydrogens is 424 g/mol. The van der Waals surface area contributed by atoms with Gasteiger partial charge in [0.1, 0.15) is 0 Å². The molecule has 4 aliphatic heterocycles. The minimum atomic E-state index is -0.0278. The van der Waals surface area contributed by atoms with Gasteiger partial charge < -0.3 is 23.8 Å². The van der Waals surface area contributed by atoms with Crippen LogP contribution in [-0.2, 0) is 37.4 Å². The van der Waals surface area contributed by atoms with Gasteiger partial charge >= 0.3 is 0 Å². The molecule has 32 heavy (non-hydrogen) atoms. The topological polar surface area (TPSA) is 43.4 Å². The molecule has 0 radical (unpaired) electrons. The number of likely N-dealkylation sites (tertiary alicyclic amines) is 2. The Kier molecular flexibility index (Phi) is 7.53.